The highest BCUT2D eigenvalue weighted by Crippen LogP contribution is 2.16. The van der Waals surface area contributed by atoms with Crippen molar-refractivity contribution in [1.29, 1.82) is 0 Å². The number of aryl methyl sites for hydroxylation is 2. The molecule has 1 N–H and O–H groups in total. The minimum atomic E-state index is -0.252. The second kappa shape index (κ2) is 8.23. The number of carbonyl (C=O) groups is 1. The first-order chi connectivity index (χ1) is 12.5. The lowest BCUT2D eigenvalue weighted by molar-refractivity contribution is -0.132. The number of nitrogens with one attached hydrogen (secondary N) is 1. The van der Waals surface area contributed by atoms with E-state index in [1.165, 1.54) is 0 Å². The quantitative estimate of drug-likeness (QED) is 0.848. The molecule has 1 saturated heterocycles. The smallest absolute Gasteiger partial charge is 0.254 e. The van der Waals surface area contributed by atoms with E-state index in [1.807, 2.05) is 18.2 Å². The van der Waals surface area contributed by atoms with Gasteiger partial charge in [0.15, 0.2) is 0 Å². The normalized spacial score (nSPS) is 16.6. The maximum Gasteiger partial charge on any atom is 0.254 e. The standard InChI is InChI=1S/C19H24N4O3/c1-13-17(19(25)22-14(2)21-13)10-18(24)23(12-16-7-5-9-26-16)11-15-6-3-4-8-20-15/h3-4,6,8,16H,5,7,9-12H2,1-2H3,(H,21,22,25). The zero-order valence-corrected chi connectivity index (χ0v) is 15.2. The van der Waals surface area contributed by atoms with Crippen LogP contribution >= 0.6 is 0 Å². The molecule has 0 saturated carbocycles. The van der Waals surface area contributed by atoms with Crippen LogP contribution in [0, 0.1) is 13.8 Å². The first-order valence-corrected chi connectivity index (χ1v) is 8.88. The molecule has 1 fully saturated rings. The summed E-state index contributed by atoms with van der Waals surface area (Å²) in [5.41, 5.74) is 1.57. The van der Waals surface area contributed by atoms with Gasteiger partial charge in [-0.1, -0.05) is 6.07 Å². The van der Waals surface area contributed by atoms with Crippen LogP contribution in [0.15, 0.2) is 29.2 Å². The first-order valence-electron chi connectivity index (χ1n) is 8.88. The van der Waals surface area contributed by atoms with Gasteiger partial charge in [-0.2, -0.15) is 0 Å². The van der Waals surface area contributed by atoms with Crippen LogP contribution in [0.4, 0.5) is 0 Å². The topological polar surface area (TPSA) is 88.2 Å². The van der Waals surface area contributed by atoms with Crippen LogP contribution in [-0.4, -0.2) is 45.0 Å². The van der Waals surface area contributed by atoms with E-state index in [-0.39, 0.29) is 24.0 Å². The van der Waals surface area contributed by atoms with Gasteiger partial charge in [0, 0.05) is 30.6 Å². The number of ether oxygens (including phenoxy) is 1. The van der Waals surface area contributed by atoms with E-state index < -0.39 is 0 Å². The Morgan fingerprint density at radius 2 is 2.23 bits per heavy atom. The molecule has 3 rings (SSSR count). The Morgan fingerprint density at radius 1 is 1.38 bits per heavy atom. The number of hydrogen-bond donors (Lipinski definition) is 1. The van der Waals surface area contributed by atoms with Crippen LogP contribution in [0.2, 0.25) is 0 Å². The predicted molar refractivity (Wildman–Crippen MR) is 96.7 cm³/mol. The van der Waals surface area contributed by atoms with E-state index in [1.54, 1.807) is 24.9 Å². The molecule has 26 heavy (non-hydrogen) atoms. The van der Waals surface area contributed by atoms with Crippen LogP contribution in [-0.2, 0) is 22.5 Å². The molecular weight excluding hydrogens is 332 g/mol. The highest BCUT2D eigenvalue weighted by atomic mass is 16.5. The van der Waals surface area contributed by atoms with Gasteiger partial charge in [0.2, 0.25) is 5.91 Å². The zero-order valence-electron chi connectivity index (χ0n) is 15.2. The van der Waals surface area contributed by atoms with E-state index >= 15 is 0 Å². The molecule has 3 heterocycles. The van der Waals surface area contributed by atoms with Crippen LogP contribution in [0.3, 0.4) is 0 Å². The molecule has 7 heteroatoms. The van der Waals surface area contributed by atoms with E-state index in [9.17, 15) is 9.59 Å². The molecule has 1 aliphatic heterocycles. The molecular formula is C19H24N4O3. The number of H-pyrrole nitrogens is 1. The van der Waals surface area contributed by atoms with Gasteiger partial charge in [-0.05, 0) is 38.8 Å². The number of rotatable bonds is 6. The zero-order chi connectivity index (χ0) is 18.5. The van der Waals surface area contributed by atoms with Crippen molar-refractivity contribution in [2.24, 2.45) is 0 Å². The Balaban J connectivity index is 1.78. The second-order valence-electron chi connectivity index (χ2n) is 6.62. The van der Waals surface area contributed by atoms with Gasteiger partial charge in [-0.3, -0.25) is 14.6 Å². The van der Waals surface area contributed by atoms with Crippen molar-refractivity contribution in [2.45, 2.75) is 45.8 Å². The number of hydrogen-bond acceptors (Lipinski definition) is 5. The lowest BCUT2D eigenvalue weighted by atomic mass is 10.1. The summed E-state index contributed by atoms with van der Waals surface area (Å²) in [6, 6.07) is 5.63. The fourth-order valence-electron chi connectivity index (χ4n) is 3.20. The average Bonchev–Trinajstić information content (AvgIpc) is 3.11. The molecule has 0 spiro atoms. The van der Waals surface area contributed by atoms with Crippen molar-refractivity contribution in [3.8, 4) is 0 Å². The van der Waals surface area contributed by atoms with E-state index in [0.29, 0.717) is 30.2 Å². The highest BCUT2D eigenvalue weighted by molar-refractivity contribution is 5.79. The van der Waals surface area contributed by atoms with Gasteiger partial charge >= 0.3 is 0 Å². The highest BCUT2D eigenvalue weighted by Gasteiger charge is 2.24. The fraction of sp³-hybridized carbons (Fsp3) is 0.474. The third kappa shape index (κ3) is 4.54. The Morgan fingerprint density at radius 3 is 2.88 bits per heavy atom. The third-order valence-electron chi connectivity index (χ3n) is 4.55. The van der Waals surface area contributed by atoms with Gasteiger partial charge in [0.05, 0.1) is 24.8 Å². The number of aromatic nitrogens is 3. The van der Waals surface area contributed by atoms with E-state index in [4.69, 9.17) is 4.74 Å². The summed E-state index contributed by atoms with van der Waals surface area (Å²) in [7, 11) is 0. The van der Waals surface area contributed by atoms with E-state index in [0.717, 1.165) is 25.1 Å². The van der Waals surface area contributed by atoms with Crippen molar-refractivity contribution in [3.63, 3.8) is 0 Å². The molecule has 1 atom stereocenters. The number of carbonyl (C=O) groups excluding carboxylic acids is 1. The molecule has 2 aromatic rings. The minimum absolute atomic E-state index is 0.0218. The summed E-state index contributed by atoms with van der Waals surface area (Å²) in [6.07, 6.45) is 3.73. The van der Waals surface area contributed by atoms with E-state index in [2.05, 4.69) is 15.0 Å². The Kier molecular flexibility index (Phi) is 5.78. The largest absolute Gasteiger partial charge is 0.376 e. The SMILES string of the molecule is Cc1nc(C)c(CC(=O)N(Cc2ccccn2)CC2CCCO2)c(=O)[nH]1. The van der Waals surface area contributed by atoms with Crippen LogP contribution in [0.1, 0.15) is 35.6 Å². The van der Waals surface area contributed by atoms with Gasteiger partial charge in [-0.15, -0.1) is 0 Å². The molecule has 0 aliphatic carbocycles. The third-order valence-corrected chi connectivity index (χ3v) is 4.55. The minimum Gasteiger partial charge on any atom is -0.376 e. The van der Waals surface area contributed by atoms with Gasteiger partial charge in [0.25, 0.3) is 5.56 Å². The number of nitrogens with zero attached hydrogens (tertiary/aromatic N) is 3. The summed E-state index contributed by atoms with van der Waals surface area (Å²) in [5, 5.41) is 0. The lowest BCUT2D eigenvalue weighted by Crippen LogP contribution is -2.39. The fourth-order valence-corrected chi connectivity index (χ4v) is 3.20. The Hall–Kier alpha value is -2.54. The molecule has 1 amide bonds. The molecule has 0 bridgehead atoms. The van der Waals surface area contributed by atoms with Crippen molar-refractivity contribution in [3.05, 3.63) is 57.5 Å². The monoisotopic (exact) mass is 356 g/mol. The van der Waals surface area contributed by atoms with Crippen molar-refractivity contribution in [2.75, 3.05) is 13.2 Å². The maximum absolute atomic E-state index is 13.0. The van der Waals surface area contributed by atoms with Gasteiger partial charge < -0.3 is 14.6 Å². The number of amides is 1. The lowest BCUT2D eigenvalue weighted by Gasteiger charge is -2.25. The second-order valence-corrected chi connectivity index (χ2v) is 6.62. The van der Waals surface area contributed by atoms with Crippen molar-refractivity contribution in [1.82, 2.24) is 19.9 Å². The maximum atomic E-state index is 13.0. The predicted octanol–water partition coefficient (Wildman–Crippen LogP) is 1.53. The molecule has 138 valence electrons. The number of aromatic amines is 1. The van der Waals surface area contributed by atoms with Crippen molar-refractivity contribution < 1.29 is 9.53 Å². The van der Waals surface area contributed by atoms with Crippen LogP contribution < -0.4 is 5.56 Å². The Bertz CT molecular complexity index is 813. The average molecular weight is 356 g/mol. The molecule has 2 aromatic heterocycles. The molecule has 7 nitrogen and oxygen atoms in total. The molecule has 1 aliphatic rings. The van der Waals surface area contributed by atoms with Crippen LogP contribution in [0.5, 0.6) is 0 Å². The summed E-state index contributed by atoms with van der Waals surface area (Å²) >= 11 is 0. The molecule has 0 aromatic carbocycles. The summed E-state index contributed by atoms with van der Waals surface area (Å²) in [6.45, 7) is 5.12. The van der Waals surface area contributed by atoms with Gasteiger partial charge in [0.1, 0.15) is 5.82 Å². The van der Waals surface area contributed by atoms with Crippen LogP contribution in [0.25, 0.3) is 0 Å². The molecule has 0 radical (unpaired) electrons. The Labute approximate surface area is 152 Å². The molecule has 1 unspecified atom stereocenters. The summed E-state index contributed by atoms with van der Waals surface area (Å²) in [4.78, 5) is 38.2. The summed E-state index contributed by atoms with van der Waals surface area (Å²) < 4.78 is 5.69. The first kappa shape index (κ1) is 18.3. The summed E-state index contributed by atoms with van der Waals surface area (Å²) in [5.74, 6) is 0.429. The van der Waals surface area contributed by atoms with Gasteiger partial charge in [-0.25, -0.2) is 4.98 Å². The van der Waals surface area contributed by atoms with Crippen molar-refractivity contribution >= 4 is 5.91 Å². The number of pyridine rings is 1.